The van der Waals surface area contributed by atoms with Crippen LogP contribution in [-0.2, 0) is 25.8 Å². The lowest BCUT2D eigenvalue weighted by molar-refractivity contribution is -0.118. The number of amides is 1. The molecule has 160 valence electrons. The van der Waals surface area contributed by atoms with Gasteiger partial charge in [-0.05, 0) is 62.3 Å². The molecule has 0 aromatic heterocycles. The fourth-order valence-corrected chi connectivity index (χ4v) is 8.93. The Balaban J connectivity index is 1.67. The number of fused-ring (bicyclic) bond motifs is 1. The maximum Gasteiger partial charge on any atom is 0.227 e. The molecule has 1 N–H and O–H groups in total. The molecule has 2 saturated heterocycles. The molecule has 8 heteroatoms. The van der Waals surface area contributed by atoms with E-state index < -0.39 is 19.5 Å². The van der Waals surface area contributed by atoms with Crippen LogP contribution in [0.25, 0.3) is 0 Å². The monoisotopic (exact) mass is 439 g/mol. The molecular formula is C21H29NO5S2. The normalized spacial score (nSPS) is 31.2. The third kappa shape index (κ3) is 3.42. The van der Waals surface area contributed by atoms with Gasteiger partial charge in [-0.25, -0.2) is 8.42 Å². The number of benzene rings is 1. The highest BCUT2D eigenvalue weighted by molar-refractivity contribution is 8.15. The topological polar surface area (TPSA) is 83.9 Å². The number of ether oxygens (including phenoxy) is 1. The summed E-state index contributed by atoms with van der Waals surface area (Å²) in [6.07, 6.45) is 2.71. The van der Waals surface area contributed by atoms with Crippen molar-refractivity contribution < 1.29 is 23.1 Å². The number of thioether (sulfide) groups is 1. The van der Waals surface area contributed by atoms with Crippen LogP contribution in [0.15, 0.2) is 17.0 Å². The minimum absolute atomic E-state index is 0.0519. The Kier molecular flexibility index (Phi) is 5.29. The van der Waals surface area contributed by atoms with Crippen LogP contribution in [0.3, 0.4) is 0 Å². The minimum Gasteiger partial charge on any atom is -0.389 e. The lowest BCUT2D eigenvalue weighted by Crippen LogP contribution is -2.44. The average molecular weight is 440 g/mol. The molecule has 2 atom stereocenters. The van der Waals surface area contributed by atoms with Crippen molar-refractivity contribution in [3.8, 4) is 0 Å². The molecule has 3 aliphatic rings. The number of sulfone groups is 1. The molecule has 1 amide bonds. The summed E-state index contributed by atoms with van der Waals surface area (Å²) >= 11 is 1.35. The van der Waals surface area contributed by atoms with E-state index in [2.05, 4.69) is 0 Å². The first-order valence-corrected chi connectivity index (χ1v) is 12.6. The fourth-order valence-electron chi connectivity index (χ4n) is 5.03. The molecule has 0 aliphatic carbocycles. The van der Waals surface area contributed by atoms with E-state index in [9.17, 15) is 18.3 Å². The highest BCUT2D eigenvalue weighted by Gasteiger charge is 2.56. The van der Waals surface area contributed by atoms with Gasteiger partial charge in [-0.15, -0.1) is 11.8 Å². The largest absolute Gasteiger partial charge is 0.389 e. The first-order chi connectivity index (χ1) is 13.6. The van der Waals surface area contributed by atoms with Crippen LogP contribution in [0.1, 0.15) is 43.7 Å². The average Bonchev–Trinajstić information content (AvgIpc) is 3.03. The number of nitrogens with zero attached hydrogens (tertiary/aromatic N) is 1. The van der Waals surface area contributed by atoms with Crippen LogP contribution in [0.5, 0.6) is 0 Å². The Morgan fingerprint density at radius 2 is 1.93 bits per heavy atom. The zero-order valence-electron chi connectivity index (χ0n) is 17.2. The van der Waals surface area contributed by atoms with Gasteiger partial charge in [0.1, 0.15) is 4.08 Å². The lowest BCUT2D eigenvalue weighted by Gasteiger charge is -2.36. The van der Waals surface area contributed by atoms with Gasteiger partial charge in [-0.1, -0.05) is 0 Å². The fraction of sp³-hybridized carbons (Fsp3) is 0.667. The molecule has 0 radical (unpaired) electrons. The number of anilines is 1. The van der Waals surface area contributed by atoms with Crippen molar-refractivity contribution in [2.24, 2.45) is 5.92 Å². The third-order valence-corrected chi connectivity index (χ3v) is 11.3. The van der Waals surface area contributed by atoms with Crippen molar-refractivity contribution in [2.75, 3.05) is 30.9 Å². The number of hydrogen-bond acceptors (Lipinski definition) is 6. The van der Waals surface area contributed by atoms with Crippen LogP contribution in [0.4, 0.5) is 5.69 Å². The smallest absolute Gasteiger partial charge is 0.227 e. The van der Waals surface area contributed by atoms with Crippen molar-refractivity contribution in [3.05, 3.63) is 23.3 Å². The highest BCUT2D eigenvalue weighted by atomic mass is 32.3. The zero-order chi connectivity index (χ0) is 21.0. The molecule has 3 heterocycles. The minimum atomic E-state index is -3.67. The summed E-state index contributed by atoms with van der Waals surface area (Å²) in [7, 11) is -1.93. The predicted molar refractivity (Wildman–Crippen MR) is 114 cm³/mol. The SMILES string of the molecule is Cc1cc(S(=O)(=O)C2(C)CC(O)(C3CCOCC3)CS2)cc2c1N(C)C(=O)CC2. The van der Waals surface area contributed by atoms with Crippen molar-refractivity contribution >= 4 is 33.2 Å². The second-order valence-electron chi connectivity index (χ2n) is 8.79. The molecule has 4 rings (SSSR count). The van der Waals surface area contributed by atoms with E-state index in [1.807, 2.05) is 6.92 Å². The number of carbonyl (C=O) groups is 1. The molecule has 1 aromatic carbocycles. The maximum absolute atomic E-state index is 13.7. The van der Waals surface area contributed by atoms with Crippen molar-refractivity contribution in [1.29, 1.82) is 0 Å². The van der Waals surface area contributed by atoms with E-state index >= 15 is 0 Å². The Hall–Kier alpha value is -1.09. The Bertz CT molecular complexity index is 941. The van der Waals surface area contributed by atoms with E-state index in [-0.39, 0.29) is 18.2 Å². The standard InChI is InChI=1S/C21H29NO5S2/c1-14-10-17(11-15-4-5-18(23)22(3)19(14)15)29(25,26)20(2)12-21(24,13-28-20)16-6-8-27-9-7-16/h10-11,16,24H,4-9,12-13H2,1-3H3. The van der Waals surface area contributed by atoms with Gasteiger partial charge >= 0.3 is 0 Å². The molecule has 3 aliphatic heterocycles. The Morgan fingerprint density at radius 3 is 2.62 bits per heavy atom. The van der Waals surface area contributed by atoms with E-state index in [1.54, 1.807) is 31.0 Å². The van der Waals surface area contributed by atoms with Crippen LogP contribution >= 0.6 is 11.8 Å². The van der Waals surface area contributed by atoms with Crippen molar-refractivity contribution in [2.45, 2.75) is 60.5 Å². The molecular weight excluding hydrogens is 410 g/mol. The molecule has 1 aromatic rings. The second-order valence-corrected chi connectivity index (χ2v) is 12.9. The van der Waals surface area contributed by atoms with E-state index in [0.717, 1.165) is 29.7 Å². The van der Waals surface area contributed by atoms with E-state index in [4.69, 9.17) is 4.74 Å². The van der Waals surface area contributed by atoms with Crippen LogP contribution < -0.4 is 4.90 Å². The van der Waals surface area contributed by atoms with Crippen molar-refractivity contribution in [1.82, 2.24) is 0 Å². The molecule has 2 unspecified atom stereocenters. The van der Waals surface area contributed by atoms with Gasteiger partial charge in [-0.3, -0.25) is 4.79 Å². The summed E-state index contributed by atoms with van der Waals surface area (Å²) in [5.41, 5.74) is 1.54. The Labute approximate surface area is 176 Å². The molecule has 2 fully saturated rings. The summed E-state index contributed by atoms with van der Waals surface area (Å²) in [6.45, 7) is 4.85. The van der Waals surface area contributed by atoms with Gasteiger partial charge in [0.2, 0.25) is 5.91 Å². The predicted octanol–water partition coefficient (Wildman–Crippen LogP) is 2.69. The van der Waals surface area contributed by atoms with Crippen LogP contribution in [0.2, 0.25) is 0 Å². The van der Waals surface area contributed by atoms with Crippen LogP contribution in [-0.4, -0.2) is 55.1 Å². The lowest BCUT2D eigenvalue weighted by atomic mass is 9.80. The van der Waals surface area contributed by atoms with E-state index in [1.165, 1.54) is 11.8 Å². The van der Waals surface area contributed by atoms with Gasteiger partial charge in [0.05, 0.1) is 10.5 Å². The van der Waals surface area contributed by atoms with Gasteiger partial charge in [0, 0.05) is 44.5 Å². The number of aliphatic hydroxyl groups is 1. The summed E-state index contributed by atoms with van der Waals surface area (Å²) in [5, 5.41) is 11.3. The number of rotatable bonds is 3. The Morgan fingerprint density at radius 1 is 1.24 bits per heavy atom. The van der Waals surface area contributed by atoms with E-state index in [0.29, 0.717) is 36.7 Å². The zero-order valence-corrected chi connectivity index (χ0v) is 18.9. The van der Waals surface area contributed by atoms with Gasteiger partial charge in [0.15, 0.2) is 9.84 Å². The summed E-state index contributed by atoms with van der Waals surface area (Å²) < 4.78 is 31.7. The van der Waals surface area contributed by atoms with Crippen molar-refractivity contribution in [3.63, 3.8) is 0 Å². The molecule has 0 bridgehead atoms. The maximum atomic E-state index is 13.7. The molecule has 0 saturated carbocycles. The summed E-state index contributed by atoms with van der Waals surface area (Å²) in [4.78, 5) is 14.0. The second kappa shape index (κ2) is 7.25. The number of aryl methyl sites for hydroxylation is 2. The molecule has 6 nitrogen and oxygen atoms in total. The van der Waals surface area contributed by atoms with Gasteiger partial charge < -0.3 is 14.7 Å². The molecule has 29 heavy (non-hydrogen) atoms. The summed E-state index contributed by atoms with van der Waals surface area (Å²) in [6, 6.07) is 3.42. The third-order valence-electron chi connectivity index (χ3n) is 6.79. The highest BCUT2D eigenvalue weighted by Crippen LogP contribution is 2.53. The van der Waals surface area contributed by atoms with Gasteiger partial charge in [0.25, 0.3) is 0 Å². The van der Waals surface area contributed by atoms with Gasteiger partial charge in [-0.2, -0.15) is 0 Å². The summed E-state index contributed by atoms with van der Waals surface area (Å²) in [5.74, 6) is 0.552. The quantitative estimate of drug-likeness (QED) is 0.780. The van der Waals surface area contributed by atoms with Crippen LogP contribution in [0, 0.1) is 12.8 Å². The first-order valence-electron chi connectivity index (χ1n) is 10.2. The first kappa shape index (κ1) is 21.2. The molecule has 0 spiro atoms. The number of hydrogen-bond donors (Lipinski definition) is 1. The number of carbonyl (C=O) groups excluding carboxylic acids is 1.